The standard InChI is InChI=1S/C28H29N5O/c1-32(18-16-21-9-4-2-5-10-21)27-29-17-15-24(30-27)19-25-26(23-13-8-14-23)31-28(34)33(25)20-22-11-6-3-7-12-22/h2-7,9-12,15,17,19H,8,13-14,16,18,20H2,1H3,(H,31,34)/b25-19-. The number of nitrogens with zero attached hydrogens (tertiary/aromatic N) is 4. The topological polar surface area (TPSA) is 66.8 Å². The van der Waals surface area contributed by atoms with Crippen molar-refractivity contribution in [3.05, 3.63) is 111 Å². The number of hydrogen-bond acceptors (Lipinski definition) is 4. The van der Waals surface area contributed by atoms with E-state index in [4.69, 9.17) is 4.98 Å². The second kappa shape index (κ2) is 9.91. The average Bonchev–Trinajstić information content (AvgIpc) is 3.12. The SMILES string of the molecule is CN(CCc1ccccc1)c1nccc(/C=c2/c(=C3CCC3)[nH]c(=O)n2Cc2ccccc2)n1. The van der Waals surface area contributed by atoms with Crippen molar-refractivity contribution >= 4 is 17.6 Å². The van der Waals surface area contributed by atoms with Crippen molar-refractivity contribution in [2.75, 3.05) is 18.5 Å². The Morgan fingerprint density at radius 2 is 1.71 bits per heavy atom. The number of nitrogens with one attached hydrogen (secondary N) is 1. The zero-order valence-corrected chi connectivity index (χ0v) is 19.4. The van der Waals surface area contributed by atoms with Gasteiger partial charge in [0.2, 0.25) is 5.95 Å². The van der Waals surface area contributed by atoms with Gasteiger partial charge < -0.3 is 9.88 Å². The first-order valence-corrected chi connectivity index (χ1v) is 11.8. The maximum atomic E-state index is 12.9. The maximum Gasteiger partial charge on any atom is 0.326 e. The van der Waals surface area contributed by atoms with E-state index >= 15 is 0 Å². The smallest absolute Gasteiger partial charge is 0.326 e. The molecule has 172 valence electrons. The first kappa shape index (κ1) is 21.9. The van der Waals surface area contributed by atoms with E-state index in [2.05, 4.69) is 39.1 Å². The summed E-state index contributed by atoms with van der Waals surface area (Å²) in [5.41, 5.74) is 4.39. The summed E-state index contributed by atoms with van der Waals surface area (Å²) in [6.07, 6.45) is 7.95. The number of hydrogen-bond donors (Lipinski definition) is 1. The molecule has 34 heavy (non-hydrogen) atoms. The third-order valence-corrected chi connectivity index (χ3v) is 6.39. The number of aromatic amines is 1. The molecule has 2 aromatic carbocycles. The summed E-state index contributed by atoms with van der Waals surface area (Å²) < 4.78 is 1.82. The highest BCUT2D eigenvalue weighted by Gasteiger charge is 2.14. The van der Waals surface area contributed by atoms with Gasteiger partial charge in [0.05, 0.1) is 22.9 Å². The molecular formula is C28H29N5O. The van der Waals surface area contributed by atoms with E-state index < -0.39 is 0 Å². The molecule has 0 spiro atoms. The summed E-state index contributed by atoms with van der Waals surface area (Å²) in [7, 11) is 2.01. The van der Waals surface area contributed by atoms with Crippen LogP contribution >= 0.6 is 0 Å². The van der Waals surface area contributed by atoms with Crippen LogP contribution in [0.2, 0.25) is 0 Å². The molecule has 4 aromatic rings. The van der Waals surface area contributed by atoms with Gasteiger partial charge in [0.1, 0.15) is 0 Å². The van der Waals surface area contributed by atoms with Gasteiger partial charge in [-0.15, -0.1) is 0 Å². The van der Waals surface area contributed by atoms with Crippen molar-refractivity contribution < 1.29 is 0 Å². The lowest BCUT2D eigenvalue weighted by atomic mass is 9.92. The van der Waals surface area contributed by atoms with Crippen LogP contribution in [0.4, 0.5) is 5.95 Å². The fraction of sp³-hybridized carbons (Fsp3) is 0.250. The van der Waals surface area contributed by atoms with E-state index in [1.807, 2.05) is 60.2 Å². The van der Waals surface area contributed by atoms with Crippen LogP contribution in [0, 0.1) is 0 Å². The van der Waals surface area contributed by atoms with Crippen molar-refractivity contribution in [2.24, 2.45) is 0 Å². The normalized spacial score (nSPS) is 13.7. The van der Waals surface area contributed by atoms with Crippen LogP contribution in [0.5, 0.6) is 0 Å². The van der Waals surface area contributed by atoms with Gasteiger partial charge in [-0.2, -0.15) is 0 Å². The molecule has 0 aliphatic heterocycles. The monoisotopic (exact) mass is 451 g/mol. The lowest BCUT2D eigenvalue weighted by Crippen LogP contribution is -2.35. The molecule has 1 saturated carbocycles. The predicted molar refractivity (Wildman–Crippen MR) is 136 cm³/mol. The van der Waals surface area contributed by atoms with Gasteiger partial charge in [-0.25, -0.2) is 14.8 Å². The number of likely N-dealkylation sites (N-methyl/N-ethyl adjacent to an activating group) is 1. The summed E-state index contributed by atoms with van der Waals surface area (Å²) in [5.74, 6) is 0.676. The molecule has 6 nitrogen and oxygen atoms in total. The van der Waals surface area contributed by atoms with Crippen LogP contribution < -0.4 is 21.3 Å². The average molecular weight is 452 g/mol. The second-order valence-corrected chi connectivity index (χ2v) is 8.80. The van der Waals surface area contributed by atoms with Gasteiger partial charge in [0.25, 0.3) is 0 Å². The fourth-order valence-corrected chi connectivity index (χ4v) is 4.24. The molecule has 1 aliphatic carbocycles. The maximum absolute atomic E-state index is 12.9. The Morgan fingerprint density at radius 3 is 2.38 bits per heavy atom. The number of benzene rings is 2. The van der Waals surface area contributed by atoms with Crippen molar-refractivity contribution in [1.29, 1.82) is 0 Å². The molecule has 0 atom stereocenters. The lowest BCUT2D eigenvalue weighted by Gasteiger charge is -2.17. The van der Waals surface area contributed by atoms with Crippen molar-refractivity contribution in [3.63, 3.8) is 0 Å². The molecule has 0 unspecified atom stereocenters. The Labute approximate surface area is 199 Å². The van der Waals surface area contributed by atoms with Crippen LogP contribution in [0.1, 0.15) is 36.1 Å². The molecule has 0 saturated heterocycles. The molecule has 0 amide bonds. The zero-order valence-electron chi connectivity index (χ0n) is 19.4. The summed E-state index contributed by atoms with van der Waals surface area (Å²) in [6, 6.07) is 22.4. The van der Waals surface area contributed by atoms with Crippen LogP contribution in [-0.2, 0) is 13.0 Å². The highest BCUT2D eigenvalue weighted by atomic mass is 16.1. The van der Waals surface area contributed by atoms with E-state index in [-0.39, 0.29) is 5.69 Å². The largest absolute Gasteiger partial charge is 0.344 e. The van der Waals surface area contributed by atoms with Gasteiger partial charge in [-0.05, 0) is 54.5 Å². The van der Waals surface area contributed by atoms with E-state index in [1.54, 1.807) is 6.20 Å². The molecular weight excluding hydrogens is 422 g/mol. The lowest BCUT2D eigenvalue weighted by molar-refractivity contribution is 0.734. The number of rotatable bonds is 7. The minimum Gasteiger partial charge on any atom is -0.344 e. The molecule has 2 aromatic heterocycles. The fourth-order valence-electron chi connectivity index (χ4n) is 4.24. The van der Waals surface area contributed by atoms with Crippen LogP contribution in [0.3, 0.4) is 0 Å². The Morgan fingerprint density at radius 1 is 1.00 bits per heavy atom. The van der Waals surface area contributed by atoms with E-state index in [0.29, 0.717) is 12.5 Å². The summed E-state index contributed by atoms with van der Waals surface area (Å²) in [4.78, 5) is 27.4. The Kier molecular flexibility index (Phi) is 6.38. The van der Waals surface area contributed by atoms with Gasteiger partial charge >= 0.3 is 5.69 Å². The molecule has 1 aliphatic rings. The van der Waals surface area contributed by atoms with Gasteiger partial charge in [0, 0.05) is 19.8 Å². The van der Waals surface area contributed by atoms with Crippen molar-refractivity contribution in [2.45, 2.75) is 32.2 Å². The quantitative estimate of drug-likeness (QED) is 0.469. The highest BCUT2D eigenvalue weighted by Crippen LogP contribution is 2.24. The van der Waals surface area contributed by atoms with Gasteiger partial charge in [-0.1, -0.05) is 60.7 Å². The Bertz CT molecular complexity index is 1430. The summed E-state index contributed by atoms with van der Waals surface area (Å²) in [5, 5.41) is 1.84. The number of anilines is 1. The molecule has 0 radical (unpaired) electrons. The number of aromatic nitrogens is 4. The Hall–Kier alpha value is -3.93. The number of imidazole rings is 1. The Balaban J connectivity index is 1.49. The van der Waals surface area contributed by atoms with E-state index in [1.165, 1.54) is 17.6 Å². The molecule has 2 heterocycles. The van der Waals surface area contributed by atoms with Crippen molar-refractivity contribution in [3.8, 4) is 0 Å². The van der Waals surface area contributed by atoms with Gasteiger partial charge in [0.15, 0.2) is 0 Å². The first-order chi connectivity index (χ1) is 16.7. The highest BCUT2D eigenvalue weighted by molar-refractivity contribution is 5.52. The molecule has 1 N–H and O–H groups in total. The molecule has 0 bridgehead atoms. The molecule has 6 heteroatoms. The number of H-pyrrole nitrogens is 1. The van der Waals surface area contributed by atoms with E-state index in [0.717, 1.165) is 47.8 Å². The van der Waals surface area contributed by atoms with Crippen LogP contribution in [-0.4, -0.2) is 33.1 Å². The predicted octanol–water partition coefficient (Wildman–Crippen LogP) is 2.86. The van der Waals surface area contributed by atoms with Crippen LogP contribution in [0.25, 0.3) is 11.6 Å². The minimum absolute atomic E-state index is 0.0845. The zero-order chi connectivity index (χ0) is 23.3. The minimum atomic E-state index is -0.0845. The molecule has 5 rings (SSSR count). The molecule has 1 fully saturated rings. The second-order valence-electron chi connectivity index (χ2n) is 8.80. The third kappa shape index (κ3) is 4.86. The van der Waals surface area contributed by atoms with E-state index in [9.17, 15) is 4.79 Å². The summed E-state index contributed by atoms with van der Waals surface area (Å²) >= 11 is 0. The van der Waals surface area contributed by atoms with Crippen LogP contribution in [0.15, 0.2) is 77.7 Å². The third-order valence-electron chi connectivity index (χ3n) is 6.39. The van der Waals surface area contributed by atoms with Crippen molar-refractivity contribution in [1.82, 2.24) is 19.5 Å². The first-order valence-electron chi connectivity index (χ1n) is 11.8. The van der Waals surface area contributed by atoms with Gasteiger partial charge in [-0.3, -0.25) is 4.57 Å². The summed E-state index contributed by atoms with van der Waals surface area (Å²) in [6.45, 7) is 1.34.